The van der Waals surface area contributed by atoms with Crippen molar-refractivity contribution in [2.75, 3.05) is 5.75 Å². The molecule has 0 heterocycles. The van der Waals surface area contributed by atoms with Crippen LogP contribution in [0, 0.1) is 0 Å². The Bertz CT molecular complexity index is 446. The molecule has 0 spiro atoms. The summed E-state index contributed by atoms with van der Waals surface area (Å²) >= 11 is 0. The number of rotatable bonds is 6. The molecule has 16 heavy (non-hydrogen) atoms. The molecule has 3 nitrogen and oxygen atoms in total. The lowest BCUT2D eigenvalue weighted by Crippen LogP contribution is -2.06. The molecule has 0 unspecified atom stereocenters. The highest BCUT2D eigenvalue weighted by atomic mass is 32.2. The smallest absolute Gasteiger partial charge is 0.178 e. The number of sulfone groups is 1. The normalized spacial score (nSPS) is 11.8. The third kappa shape index (κ3) is 3.98. The van der Waals surface area contributed by atoms with Gasteiger partial charge in [-0.1, -0.05) is 24.3 Å². The van der Waals surface area contributed by atoms with Crippen molar-refractivity contribution < 1.29 is 13.2 Å². The van der Waals surface area contributed by atoms with Gasteiger partial charge in [0.1, 0.15) is 6.29 Å². The lowest BCUT2D eigenvalue weighted by Gasteiger charge is -2.02. The zero-order valence-electron chi connectivity index (χ0n) is 8.87. The molecule has 0 aliphatic rings. The molecular formula is C12H14O3S. The minimum atomic E-state index is -3.17. The highest BCUT2D eigenvalue weighted by Crippen LogP contribution is 2.11. The van der Waals surface area contributed by atoms with E-state index >= 15 is 0 Å². The first-order valence-electron chi connectivity index (χ1n) is 5.05. The van der Waals surface area contributed by atoms with Crippen LogP contribution in [-0.2, 0) is 14.6 Å². The van der Waals surface area contributed by atoms with Gasteiger partial charge in [-0.05, 0) is 31.1 Å². The number of carbonyl (C=O) groups is 1. The van der Waals surface area contributed by atoms with Gasteiger partial charge in [0, 0.05) is 0 Å². The Labute approximate surface area is 95.7 Å². The van der Waals surface area contributed by atoms with Crippen LogP contribution in [-0.4, -0.2) is 20.5 Å². The molecule has 0 fully saturated rings. The Kier molecular flexibility index (Phi) is 4.92. The van der Waals surface area contributed by atoms with Crippen molar-refractivity contribution in [3.8, 4) is 0 Å². The van der Waals surface area contributed by atoms with Gasteiger partial charge in [-0.15, -0.1) is 0 Å². The number of allylic oxidation sites excluding steroid dienone is 2. The molecule has 0 atom stereocenters. The Balaban J connectivity index is 2.54. The van der Waals surface area contributed by atoms with Crippen molar-refractivity contribution in [1.29, 1.82) is 0 Å². The monoisotopic (exact) mass is 238 g/mol. The molecule has 86 valence electrons. The van der Waals surface area contributed by atoms with Gasteiger partial charge < -0.3 is 0 Å². The van der Waals surface area contributed by atoms with E-state index in [0.717, 1.165) is 0 Å². The first kappa shape index (κ1) is 12.6. The fourth-order valence-electron chi connectivity index (χ4n) is 1.29. The number of aldehydes is 1. The average molecular weight is 238 g/mol. The summed E-state index contributed by atoms with van der Waals surface area (Å²) in [6.45, 7) is 0. The number of hydrogen-bond acceptors (Lipinski definition) is 3. The van der Waals surface area contributed by atoms with Gasteiger partial charge in [0.25, 0.3) is 0 Å². The summed E-state index contributed by atoms with van der Waals surface area (Å²) in [6.07, 6.45) is 4.88. The van der Waals surface area contributed by atoms with Crippen molar-refractivity contribution >= 4 is 16.1 Å². The van der Waals surface area contributed by atoms with E-state index in [9.17, 15) is 13.2 Å². The van der Waals surface area contributed by atoms with Crippen LogP contribution in [0.4, 0.5) is 0 Å². The molecule has 0 amide bonds. The van der Waals surface area contributed by atoms with Crippen LogP contribution in [0.2, 0.25) is 0 Å². The second-order valence-electron chi connectivity index (χ2n) is 3.34. The fraction of sp³-hybridized carbons (Fsp3) is 0.250. The molecule has 0 saturated heterocycles. The molecule has 0 aromatic heterocycles. The summed E-state index contributed by atoms with van der Waals surface area (Å²) in [5.41, 5.74) is 0. The molecule has 0 N–H and O–H groups in total. The van der Waals surface area contributed by atoms with Crippen molar-refractivity contribution in [1.82, 2.24) is 0 Å². The van der Waals surface area contributed by atoms with E-state index in [1.54, 1.807) is 36.4 Å². The van der Waals surface area contributed by atoms with Crippen LogP contribution < -0.4 is 0 Å². The predicted octanol–water partition coefficient (Wildman–Crippen LogP) is 2.00. The molecule has 4 heteroatoms. The van der Waals surface area contributed by atoms with Crippen LogP contribution in [0.3, 0.4) is 0 Å². The predicted molar refractivity (Wildman–Crippen MR) is 62.9 cm³/mol. The molecule has 1 aromatic carbocycles. The lowest BCUT2D eigenvalue weighted by molar-refractivity contribution is -0.104. The standard InChI is InChI=1S/C12H14O3S/c13-10-6-1-2-7-11-16(14,15)12-8-4-3-5-9-12/h1,3-6,8-10H,2,7,11H2/b6-1+. The fourth-order valence-corrected chi connectivity index (χ4v) is 2.64. The van der Waals surface area contributed by atoms with Crippen LogP contribution >= 0.6 is 0 Å². The van der Waals surface area contributed by atoms with E-state index in [4.69, 9.17) is 0 Å². The minimum Gasteiger partial charge on any atom is -0.299 e. The second kappa shape index (κ2) is 6.23. The Morgan fingerprint density at radius 3 is 2.44 bits per heavy atom. The van der Waals surface area contributed by atoms with Gasteiger partial charge in [0.15, 0.2) is 9.84 Å². The maximum absolute atomic E-state index is 11.8. The molecule has 0 radical (unpaired) electrons. The summed E-state index contributed by atoms with van der Waals surface area (Å²) < 4.78 is 23.5. The molecule has 0 aliphatic carbocycles. The number of hydrogen-bond donors (Lipinski definition) is 0. The molecule has 0 bridgehead atoms. The third-order valence-corrected chi connectivity index (χ3v) is 3.92. The van der Waals surface area contributed by atoms with Gasteiger partial charge >= 0.3 is 0 Å². The van der Waals surface area contributed by atoms with E-state index in [2.05, 4.69) is 0 Å². The molecular weight excluding hydrogens is 224 g/mol. The molecule has 0 aliphatic heterocycles. The SMILES string of the molecule is O=C/C=C/CCCS(=O)(=O)c1ccccc1. The maximum Gasteiger partial charge on any atom is 0.178 e. The number of unbranched alkanes of at least 4 members (excludes halogenated alkanes) is 1. The summed E-state index contributed by atoms with van der Waals surface area (Å²) in [5.74, 6) is 0.111. The van der Waals surface area contributed by atoms with E-state index in [1.807, 2.05) is 0 Å². The third-order valence-electron chi connectivity index (χ3n) is 2.10. The first-order chi connectivity index (χ1) is 7.67. The van der Waals surface area contributed by atoms with Crippen molar-refractivity contribution in [3.63, 3.8) is 0 Å². The zero-order chi connectivity index (χ0) is 11.9. The molecule has 0 saturated carbocycles. The van der Waals surface area contributed by atoms with Crippen LogP contribution in [0.15, 0.2) is 47.4 Å². The summed E-state index contributed by atoms with van der Waals surface area (Å²) in [5, 5.41) is 0. The number of benzene rings is 1. The Morgan fingerprint density at radius 2 is 1.81 bits per heavy atom. The topological polar surface area (TPSA) is 51.2 Å². The largest absolute Gasteiger partial charge is 0.299 e. The van der Waals surface area contributed by atoms with E-state index in [0.29, 0.717) is 24.0 Å². The second-order valence-corrected chi connectivity index (χ2v) is 5.45. The van der Waals surface area contributed by atoms with Gasteiger partial charge in [-0.25, -0.2) is 8.42 Å². The zero-order valence-corrected chi connectivity index (χ0v) is 9.69. The average Bonchev–Trinajstić information content (AvgIpc) is 2.30. The maximum atomic E-state index is 11.8. The summed E-state index contributed by atoms with van der Waals surface area (Å²) in [4.78, 5) is 10.3. The van der Waals surface area contributed by atoms with Gasteiger partial charge in [-0.2, -0.15) is 0 Å². The van der Waals surface area contributed by atoms with Gasteiger partial charge in [-0.3, -0.25) is 4.79 Å². The number of carbonyl (C=O) groups excluding carboxylic acids is 1. The van der Waals surface area contributed by atoms with Crippen LogP contribution in [0.25, 0.3) is 0 Å². The lowest BCUT2D eigenvalue weighted by atomic mass is 10.3. The highest BCUT2D eigenvalue weighted by molar-refractivity contribution is 7.91. The van der Waals surface area contributed by atoms with Crippen molar-refractivity contribution in [3.05, 3.63) is 42.5 Å². The van der Waals surface area contributed by atoms with E-state index in [1.165, 1.54) is 6.08 Å². The summed E-state index contributed by atoms with van der Waals surface area (Å²) in [7, 11) is -3.17. The first-order valence-corrected chi connectivity index (χ1v) is 6.70. The minimum absolute atomic E-state index is 0.111. The highest BCUT2D eigenvalue weighted by Gasteiger charge is 2.12. The van der Waals surface area contributed by atoms with Crippen molar-refractivity contribution in [2.24, 2.45) is 0 Å². The van der Waals surface area contributed by atoms with Gasteiger partial charge in [0.2, 0.25) is 0 Å². The van der Waals surface area contributed by atoms with Crippen molar-refractivity contribution in [2.45, 2.75) is 17.7 Å². The quantitative estimate of drug-likeness (QED) is 0.432. The van der Waals surface area contributed by atoms with E-state index < -0.39 is 9.84 Å². The summed E-state index contributed by atoms with van der Waals surface area (Å²) in [6, 6.07) is 8.39. The van der Waals surface area contributed by atoms with E-state index in [-0.39, 0.29) is 5.75 Å². The Hall–Kier alpha value is -1.42. The van der Waals surface area contributed by atoms with Gasteiger partial charge in [0.05, 0.1) is 10.6 Å². The Morgan fingerprint density at radius 1 is 1.12 bits per heavy atom. The molecule has 1 rings (SSSR count). The van der Waals surface area contributed by atoms with Crippen LogP contribution in [0.5, 0.6) is 0 Å². The van der Waals surface area contributed by atoms with Crippen LogP contribution in [0.1, 0.15) is 12.8 Å². The molecule has 1 aromatic rings.